The number of alkyl halides is 2. The van der Waals surface area contributed by atoms with Crippen LogP contribution in [-0.2, 0) is 14.4 Å². The topological polar surface area (TPSA) is 78.5 Å². The maximum Gasteiger partial charge on any atom is 0.225 e. The summed E-state index contributed by atoms with van der Waals surface area (Å²) in [5, 5.41) is 5.57. The van der Waals surface area contributed by atoms with Crippen molar-refractivity contribution in [3.05, 3.63) is 70.8 Å². The van der Waals surface area contributed by atoms with Gasteiger partial charge in [0.15, 0.2) is 5.78 Å². The number of Topliss-reactive ketones (excluding diaryl/α,β-unsaturated/α-hetero) is 1. The molecule has 0 aromatic heterocycles. The van der Waals surface area contributed by atoms with Crippen LogP contribution < -0.4 is 10.6 Å². The van der Waals surface area contributed by atoms with Gasteiger partial charge in [-0.3, -0.25) is 19.3 Å². The number of halogens is 2. The van der Waals surface area contributed by atoms with E-state index in [1.54, 1.807) is 24.3 Å². The molecule has 2 aromatic rings. The zero-order chi connectivity index (χ0) is 24.5. The normalized spacial score (nSPS) is 16.6. The Morgan fingerprint density at radius 2 is 1.18 bits per heavy atom. The van der Waals surface area contributed by atoms with Crippen molar-refractivity contribution < 1.29 is 14.4 Å². The van der Waals surface area contributed by atoms with Crippen LogP contribution in [0.1, 0.15) is 24.0 Å². The van der Waals surface area contributed by atoms with Gasteiger partial charge < -0.3 is 10.6 Å². The summed E-state index contributed by atoms with van der Waals surface area (Å²) in [6, 6.07) is 14.7. The zero-order valence-corrected chi connectivity index (χ0v) is 20.5. The van der Waals surface area contributed by atoms with Gasteiger partial charge in [-0.05, 0) is 54.6 Å². The van der Waals surface area contributed by atoms with Crippen LogP contribution in [0.25, 0.3) is 12.2 Å². The molecule has 0 spiro atoms. The Hall–Kier alpha value is -2.93. The van der Waals surface area contributed by atoms with E-state index in [4.69, 9.17) is 23.2 Å². The molecule has 1 aliphatic rings. The van der Waals surface area contributed by atoms with Gasteiger partial charge >= 0.3 is 0 Å². The van der Waals surface area contributed by atoms with E-state index in [0.717, 1.165) is 11.1 Å². The van der Waals surface area contributed by atoms with E-state index in [9.17, 15) is 14.4 Å². The van der Waals surface area contributed by atoms with Crippen LogP contribution in [-0.4, -0.2) is 54.4 Å². The number of nitrogens with one attached hydrogen (secondary N) is 2. The second-order valence-corrected chi connectivity index (χ2v) is 8.81. The molecular weight excluding hydrogens is 473 g/mol. The maximum atomic E-state index is 13.1. The number of hydrogen-bond acceptors (Lipinski definition) is 4. The molecule has 8 heteroatoms. The van der Waals surface area contributed by atoms with Crippen molar-refractivity contribution in [3.63, 3.8) is 0 Å². The smallest absolute Gasteiger partial charge is 0.225 e. The molecule has 1 fully saturated rings. The number of carbonyl (C=O) groups excluding carboxylic acids is 3. The third-order valence-corrected chi connectivity index (χ3v) is 5.56. The number of likely N-dealkylation sites (N-methyl/N-ethyl adjacent to an activating group) is 1. The number of piperidine rings is 1. The van der Waals surface area contributed by atoms with Crippen molar-refractivity contribution in [2.75, 3.05) is 42.5 Å². The summed E-state index contributed by atoms with van der Waals surface area (Å²) >= 11 is 11.2. The van der Waals surface area contributed by atoms with E-state index in [-0.39, 0.29) is 42.2 Å². The Morgan fingerprint density at radius 1 is 0.794 bits per heavy atom. The van der Waals surface area contributed by atoms with Gasteiger partial charge in [-0.1, -0.05) is 24.3 Å². The third-order valence-electron chi connectivity index (χ3n) is 5.18. The predicted molar refractivity (Wildman–Crippen MR) is 139 cm³/mol. The SMILES string of the molecule is CN1C/C(=C/c2ccc(NC(=O)CCCl)cc2)C(=O)/C(=C\c2ccc(NC(=O)CCCl)cc2)C1. The van der Waals surface area contributed by atoms with Crippen LogP contribution in [0.2, 0.25) is 0 Å². The standard InChI is InChI=1S/C26H27Cl2N3O3/c1-31-16-20(14-18-2-6-22(7-3-18)29-24(32)10-12-27)26(34)21(17-31)15-19-4-8-23(9-5-19)30-25(33)11-13-28/h2-9,14-15H,10-13,16-17H2,1H3,(H,29,32)(H,30,33)/b20-14-,21-15-. The molecule has 6 nitrogen and oxygen atoms in total. The largest absolute Gasteiger partial charge is 0.326 e. The van der Waals surface area contributed by atoms with Crippen molar-refractivity contribution in [2.24, 2.45) is 0 Å². The lowest BCUT2D eigenvalue weighted by atomic mass is 9.94. The minimum Gasteiger partial charge on any atom is -0.326 e. The molecule has 1 saturated heterocycles. The number of benzene rings is 2. The second-order valence-electron chi connectivity index (χ2n) is 8.06. The molecule has 0 aliphatic carbocycles. The molecule has 3 rings (SSSR count). The molecule has 2 aromatic carbocycles. The van der Waals surface area contributed by atoms with Gasteiger partial charge in [0.2, 0.25) is 11.8 Å². The highest BCUT2D eigenvalue weighted by atomic mass is 35.5. The van der Waals surface area contributed by atoms with Crippen molar-refractivity contribution in [2.45, 2.75) is 12.8 Å². The van der Waals surface area contributed by atoms with Crippen LogP contribution in [0.5, 0.6) is 0 Å². The fraction of sp³-hybridized carbons (Fsp3) is 0.269. The van der Waals surface area contributed by atoms with Gasteiger partial charge in [0.1, 0.15) is 0 Å². The summed E-state index contributed by atoms with van der Waals surface area (Å²) in [6.07, 6.45) is 4.28. The quantitative estimate of drug-likeness (QED) is 0.403. The average molecular weight is 500 g/mol. The average Bonchev–Trinajstić information content (AvgIpc) is 2.80. The van der Waals surface area contributed by atoms with Gasteiger partial charge in [-0.2, -0.15) is 0 Å². The van der Waals surface area contributed by atoms with Crippen molar-refractivity contribution in [1.82, 2.24) is 4.90 Å². The van der Waals surface area contributed by atoms with E-state index < -0.39 is 0 Å². The van der Waals surface area contributed by atoms with Crippen LogP contribution in [0, 0.1) is 0 Å². The van der Waals surface area contributed by atoms with Crippen molar-refractivity contribution in [3.8, 4) is 0 Å². The zero-order valence-electron chi connectivity index (χ0n) is 18.9. The number of hydrogen-bond donors (Lipinski definition) is 2. The van der Waals surface area contributed by atoms with Crippen molar-refractivity contribution >= 4 is 64.3 Å². The summed E-state index contributed by atoms with van der Waals surface area (Å²) in [7, 11) is 1.97. The molecule has 178 valence electrons. The van der Waals surface area contributed by atoms with Crippen LogP contribution in [0.15, 0.2) is 59.7 Å². The lowest BCUT2D eigenvalue weighted by molar-refractivity contribution is -0.116. The van der Waals surface area contributed by atoms with Gasteiger partial charge in [-0.25, -0.2) is 0 Å². The van der Waals surface area contributed by atoms with Crippen LogP contribution in [0.4, 0.5) is 11.4 Å². The Balaban J connectivity index is 1.72. The number of ketones is 1. The highest BCUT2D eigenvalue weighted by Gasteiger charge is 2.23. The second kappa shape index (κ2) is 12.5. The van der Waals surface area contributed by atoms with E-state index in [1.165, 1.54) is 0 Å². The number of anilines is 2. The van der Waals surface area contributed by atoms with Gasteiger partial charge in [-0.15, -0.1) is 23.2 Å². The number of likely N-dealkylation sites (tertiary alicyclic amines) is 1. The summed E-state index contributed by atoms with van der Waals surface area (Å²) in [5.74, 6) is 0.293. The molecule has 1 heterocycles. The Morgan fingerprint density at radius 3 is 1.53 bits per heavy atom. The number of carbonyl (C=O) groups is 3. The van der Waals surface area contributed by atoms with E-state index in [1.807, 2.05) is 43.5 Å². The lowest BCUT2D eigenvalue weighted by Crippen LogP contribution is -2.34. The molecule has 0 atom stereocenters. The van der Waals surface area contributed by atoms with Crippen molar-refractivity contribution in [1.29, 1.82) is 0 Å². The number of nitrogens with zero attached hydrogens (tertiary/aromatic N) is 1. The van der Waals surface area contributed by atoms with Gasteiger partial charge in [0.25, 0.3) is 0 Å². The summed E-state index contributed by atoms with van der Waals surface area (Å²) < 4.78 is 0. The predicted octanol–water partition coefficient (Wildman–Crippen LogP) is 4.80. The van der Waals surface area contributed by atoms with E-state index in [2.05, 4.69) is 15.5 Å². The molecule has 1 aliphatic heterocycles. The highest BCUT2D eigenvalue weighted by molar-refractivity contribution is 6.19. The first-order valence-electron chi connectivity index (χ1n) is 10.9. The third kappa shape index (κ3) is 7.55. The summed E-state index contributed by atoms with van der Waals surface area (Å²) in [6.45, 7) is 1.10. The molecule has 0 unspecified atom stereocenters. The molecule has 2 N–H and O–H groups in total. The lowest BCUT2D eigenvalue weighted by Gasteiger charge is -2.26. The Labute approximate surface area is 209 Å². The van der Waals surface area contributed by atoms with Gasteiger partial charge in [0.05, 0.1) is 0 Å². The molecule has 34 heavy (non-hydrogen) atoms. The van der Waals surface area contributed by atoms with Gasteiger partial charge in [0, 0.05) is 60.2 Å². The molecule has 0 radical (unpaired) electrons. The monoisotopic (exact) mass is 499 g/mol. The summed E-state index contributed by atoms with van der Waals surface area (Å²) in [5.41, 5.74) is 4.53. The highest BCUT2D eigenvalue weighted by Crippen LogP contribution is 2.22. The molecule has 0 bridgehead atoms. The molecule has 2 amide bonds. The number of amides is 2. The minimum absolute atomic E-state index is 0.0112. The first-order chi connectivity index (χ1) is 16.4. The molecule has 0 saturated carbocycles. The first-order valence-corrected chi connectivity index (χ1v) is 12.0. The molecular formula is C26H27Cl2N3O3. The van der Waals surface area contributed by atoms with Crippen LogP contribution in [0.3, 0.4) is 0 Å². The van der Waals surface area contributed by atoms with E-state index >= 15 is 0 Å². The fourth-order valence-corrected chi connectivity index (χ4v) is 3.90. The van der Waals surface area contributed by atoms with Crippen LogP contribution >= 0.6 is 23.2 Å². The summed E-state index contributed by atoms with van der Waals surface area (Å²) in [4.78, 5) is 38.6. The number of rotatable bonds is 8. The maximum absolute atomic E-state index is 13.1. The Bertz CT molecular complexity index is 1010. The fourth-order valence-electron chi connectivity index (χ4n) is 3.56. The minimum atomic E-state index is -0.134. The Kier molecular flexibility index (Phi) is 9.45. The first kappa shape index (κ1) is 25.7. The van der Waals surface area contributed by atoms with E-state index in [0.29, 0.717) is 35.6 Å².